The zero-order valence-corrected chi connectivity index (χ0v) is 12.1. The van der Waals surface area contributed by atoms with Crippen molar-refractivity contribution >= 4 is 40.4 Å². The van der Waals surface area contributed by atoms with Gasteiger partial charge in [-0.3, -0.25) is 9.59 Å². The van der Waals surface area contributed by atoms with Crippen molar-refractivity contribution in [2.75, 3.05) is 6.54 Å². The number of carbonyl (C=O) groups is 2. The Morgan fingerprint density at radius 3 is 2.78 bits per heavy atom. The van der Waals surface area contributed by atoms with Crippen molar-refractivity contribution in [3.8, 4) is 0 Å². The predicted molar refractivity (Wildman–Crippen MR) is 74.6 cm³/mol. The molecule has 1 unspecified atom stereocenters. The molecular weight excluding hydrogens is 316 g/mol. The molecule has 6 heteroatoms. The number of likely N-dealkylation sites (tertiary alicyclic amines) is 1. The molecule has 1 atom stereocenters. The molecule has 1 aromatic carbocycles. The number of rotatable bonds is 2. The minimum Gasteiger partial charge on any atom is -0.368 e. The number of halogens is 1. The molecule has 0 spiro atoms. The summed E-state index contributed by atoms with van der Waals surface area (Å²) in [6.45, 7) is 0.565. The van der Waals surface area contributed by atoms with Crippen molar-refractivity contribution < 1.29 is 9.59 Å². The van der Waals surface area contributed by atoms with Gasteiger partial charge in [0.1, 0.15) is 6.04 Å². The fraction of sp³-hybridized carbons (Fsp3) is 0.333. The average Bonchev–Trinajstić information content (AvgIpc) is 2.77. The Labute approximate surface area is 119 Å². The summed E-state index contributed by atoms with van der Waals surface area (Å²) in [7, 11) is 0. The first-order chi connectivity index (χ1) is 8.50. The van der Waals surface area contributed by atoms with Crippen LogP contribution in [0.25, 0.3) is 0 Å². The molecule has 1 heterocycles. The highest BCUT2D eigenvalue weighted by Gasteiger charge is 2.33. The molecular formula is C12H13BrN2O2S. The minimum absolute atomic E-state index is 0.186. The van der Waals surface area contributed by atoms with Crippen LogP contribution in [0.15, 0.2) is 27.6 Å². The predicted octanol–water partition coefficient (Wildman–Crippen LogP) is 1.83. The van der Waals surface area contributed by atoms with E-state index in [-0.39, 0.29) is 5.91 Å². The second kappa shape index (κ2) is 5.32. The highest BCUT2D eigenvalue weighted by atomic mass is 79.9. The fourth-order valence-corrected chi connectivity index (χ4v) is 2.99. The zero-order valence-electron chi connectivity index (χ0n) is 9.60. The first-order valence-electron chi connectivity index (χ1n) is 5.59. The molecule has 1 aliphatic rings. The molecule has 1 fully saturated rings. The molecule has 18 heavy (non-hydrogen) atoms. The molecule has 1 aliphatic heterocycles. The lowest BCUT2D eigenvalue weighted by atomic mass is 10.1. The van der Waals surface area contributed by atoms with Gasteiger partial charge < -0.3 is 10.6 Å². The van der Waals surface area contributed by atoms with E-state index in [0.29, 0.717) is 23.4 Å². The van der Waals surface area contributed by atoms with E-state index < -0.39 is 11.9 Å². The maximum absolute atomic E-state index is 12.3. The molecule has 2 amide bonds. The van der Waals surface area contributed by atoms with E-state index in [4.69, 9.17) is 5.73 Å². The van der Waals surface area contributed by atoms with E-state index in [2.05, 4.69) is 28.6 Å². The van der Waals surface area contributed by atoms with Crippen molar-refractivity contribution in [1.29, 1.82) is 0 Å². The number of nitrogens with zero attached hydrogens (tertiary/aromatic N) is 1. The normalized spacial score (nSPS) is 19.0. The molecule has 0 saturated carbocycles. The van der Waals surface area contributed by atoms with Crippen LogP contribution in [-0.2, 0) is 4.79 Å². The van der Waals surface area contributed by atoms with Crippen molar-refractivity contribution in [2.24, 2.45) is 5.73 Å². The van der Waals surface area contributed by atoms with Crippen molar-refractivity contribution in [3.05, 3.63) is 28.2 Å². The second-order valence-corrected chi connectivity index (χ2v) is 5.62. The molecule has 1 saturated heterocycles. The Balaban J connectivity index is 2.28. The van der Waals surface area contributed by atoms with Crippen LogP contribution in [-0.4, -0.2) is 29.3 Å². The molecule has 0 bridgehead atoms. The van der Waals surface area contributed by atoms with E-state index in [1.807, 2.05) is 0 Å². The van der Waals surface area contributed by atoms with E-state index in [1.54, 1.807) is 18.2 Å². The average molecular weight is 329 g/mol. The lowest BCUT2D eigenvalue weighted by molar-refractivity contribution is -0.121. The number of carbonyl (C=O) groups excluding carboxylic acids is 2. The van der Waals surface area contributed by atoms with Crippen LogP contribution >= 0.6 is 28.6 Å². The van der Waals surface area contributed by atoms with Gasteiger partial charge in [-0.25, -0.2) is 0 Å². The summed E-state index contributed by atoms with van der Waals surface area (Å²) >= 11 is 7.60. The third-order valence-electron chi connectivity index (χ3n) is 3.03. The Kier molecular flexibility index (Phi) is 3.97. The first kappa shape index (κ1) is 13.4. The smallest absolute Gasteiger partial charge is 0.255 e. The number of nitrogens with two attached hydrogens (primary N) is 1. The maximum Gasteiger partial charge on any atom is 0.255 e. The van der Waals surface area contributed by atoms with Gasteiger partial charge in [-0.15, -0.1) is 12.6 Å². The molecule has 0 aromatic heterocycles. The summed E-state index contributed by atoms with van der Waals surface area (Å²) in [6.07, 6.45) is 1.44. The number of thiol groups is 1. The SMILES string of the molecule is NC(=O)C1CCCN1C(=O)c1ccc(Br)cc1S. The highest BCUT2D eigenvalue weighted by molar-refractivity contribution is 9.10. The largest absolute Gasteiger partial charge is 0.368 e. The van der Waals surface area contributed by atoms with Gasteiger partial charge in [0.25, 0.3) is 5.91 Å². The van der Waals surface area contributed by atoms with Crippen LogP contribution in [0, 0.1) is 0 Å². The van der Waals surface area contributed by atoms with E-state index in [1.165, 1.54) is 4.90 Å². The van der Waals surface area contributed by atoms with Crippen LogP contribution in [0.5, 0.6) is 0 Å². The van der Waals surface area contributed by atoms with Gasteiger partial charge in [0, 0.05) is 15.9 Å². The monoisotopic (exact) mass is 328 g/mol. The standard InChI is InChI=1S/C12H13BrN2O2S/c13-7-3-4-8(10(18)6-7)12(17)15-5-1-2-9(15)11(14)16/h3-4,6,9,18H,1-2,5H2,(H2,14,16). The fourth-order valence-electron chi connectivity index (χ4n) is 2.15. The number of primary amides is 1. The summed E-state index contributed by atoms with van der Waals surface area (Å²) < 4.78 is 0.858. The molecule has 4 nitrogen and oxygen atoms in total. The maximum atomic E-state index is 12.3. The van der Waals surface area contributed by atoms with Gasteiger partial charge in [-0.05, 0) is 31.0 Å². The number of amides is 2. The Bertz CT molecular complexity index is 507. The van der Waals surface area contributed by atoms with Crippen LogP contribution < -0.4 is 5.73 Å². The third kappa shape index (κ3) is 2.54. The van der Waals surface area contributed by atoms with Crippen molar-refractivity contribution in [1.82, 2.24) is 4.90 Å². The summed E-state index contributed by atoms with van der Waals surface area (Å²) in [6, 6.07) is 4.74. The van der Waals surface area contributed by atoms with E-state index >= 15 is 0 Å². The Morgan fingerprint density at radius 1 is 1.44 bits per heavy atom. The molecule has 0 radical (unpaired) electrons. The zero-order chi connectivity index (χ0) is 13.3. The number of hydrogen-bond acceptors (Lipinski definition) is 3. The van der Waals surface area contributed by atoms with Crippen molar-refractivity contribution in [2.45, 2.75) is 23.8 Å². The third-order valence-corrected chi connectivity index (χ3v) is 3.90. The summed E-state index contributed by atoms with van der Waals surface area (Å²) in [4.78, 5) is 25.8. The lowest BCUT2D eigenvalue weighted by Gasteiger charge is -2.22. The van der Waals surface area contributed by atoms with Gasteiger partial charge in [0.15, 0.2) is 0 Å². The number of hydrogen-bond donors (Lipinski definition) is 2. The first-order valence-corrected chi connectivity index (χ1v) is 6.83. The highest BCUT2D eigenvalue weighted by Crippen LogP contribution is 2.25. The summed E-state index contributed by atoms with van der Waals surface area (Å²) in [5.41, 5.74) is 5.80. The molecule has 0 aliphatic carbocycles. The van der Waals surface area contributed by atoms with Crippen LogP contribution in [0.3, 0.4) is 0 Å². The van der Waals surface area contributed by atoms with Gasteiger partial charge in [-0.2, -0.15) is 0 Å². The minimum atomic E-state index is -0.492. The van der Waals surface area contributed by atoms with Crippen LogP contribution in [0.4, 0.5) is 0 Å². The van der Waals surface area contributed by atoms with Gasteiger partial charge in [0.05, 0.1) is 5.56 Å². The Hall–Kier alpha value is -1.01. The quantitative estimate of drug-likeness (QED) is 0.813. The van der Waals surface area contributed by atoms with Gasteiger partial charge in [-0.1, -0.05) is 15.9 Å². The van der Waals surface area contributed by atoms with Gasteiger partial charge >= 0.3 is 0 Å². The van der Waals surface area contributed by atoms with Gasteiger partial charge in [0.2, 0.25) is 5.91 Å². The molecule has 1 aromatic rings. The van der Waals surface area contributed by atoms with E-state index in [9.17, 15) is 9.59 Å². The van der Waals surface area contributed by atoms with Crippen LogP contribution in [0.1, 0.15) is 23.2 Å². The summed E-state index contributed by atoms with van der Waals surface area (Å²) in [5, 5.41) is 0. The summed E-state index contributed by atoms with van der Waals surface area (Å²) in [5.74, 6) is -0.632. The van der Waals surface area contributed by atoms with Crippen molar-refractivity contribution in [3.63, 3.8) is 0 Å². The number of benzene rings is 1. The molecule has 2 N–H and O–H groups in total. The lowest BCUT2D eigenvalue weighted by Crippen LogP contribution is -2.43. The van der Waals surface area contributed by atoms with E-state index in [0.717, 1.165) is 10.9 Å². The Morgan fingerprint density at radius 2 is 2.17 bits per heavy atom. The second-order valence-electron chi connectivity index (χ2n) is 4.22. The molecule has 2 rings (SSSR count). The molecule has 96 valence electrons. The topological polar surface area (TPSA) is 63.4 Å². The van der Waals surface area contributed by atoms with Crippen LogP contribution in [0.2, 0.25) is 0 Å².